The molecule has 1 aromatic carbocycles. The molecular formula is C14H18N2O3. The Kier molecular flexibility index (Phi) is 3.64. The Morgan fingerprint density at radius 3 is 2.42 bits per heavy atom. The Hall–Kier alpha value is -2.17. The van der Waals surface area contributed by atoms with Crippen LogP contribution in [0.1, 0.15) is 18.2 Å². The normalized spacial score (nSPS) is 10.5. The molecule has 1 heterocycles. The molecular weight excluding hydrogens is 244 g/mol. The molecule has 0 saturated carbocycles. The second kappa shape index (κ2) is 5.22. The third kappa shape index (κ3) is 2.36. The predicted molar refractivity (Wildman–Crippen MR) is 73.6 cm³/mol. The van der Waals surface area contributed by atoms with Gasteiger partial charge in [0.2, 0.25) is 0 Å². The summed E-state index contributed by atoms with van der Waals surface area (Å²) in [7, 11) is 3.22. The van der Waals surface area contributed by atoms with Gasteiger partial charge in [0.05, 0.1) is 14.2 Å². The van der Waals surface area contributed by atoms with Crippen molar-refractivity contribution in [3.05, 3.63) is 23.5 Å². The van der Waals surface area contributed by atoms with Gasteiger partial charge in [0.15, 0.2) is 11.5 Å². The molecule has 0 aliphatic carbocycles. The first-order valence-corrected chi connectivity index (χ1v) is 6.08. The van der Waals surface area contributed by atoms with Gasteiger partial charge in [-0.05, 0) is 24.6 Å². The van der Waals surface area contributed by atoms with Gasteiger partial charge >= 0.3 is 0 Å². The largest absolute Gasteiger partial charge is 0.493 e. The molecule has 0 aliphatic rings. The highest BCUT2D eigenvalue weighted by Crippen LogP contribution is 2.36. The van der Waals surface area contributed by atoms with Crippen LogP contribution < -0.4 is 15.2 Å². The van der Waals surface area contributed by atoms with E-state index in [9.17, 15) is 0 Å². The molecule has 5 heteroatoms. The SMILES string of the molecule is CCc1oc(N)nc1-c1cc(OC)c(OC)cc1C. The Bertz CT molecular complexity index is 591. The van der Waals surface area contributed by atoms with Crippen LogP contribution in [0.2, 0.25) is 0 Å². The smallest absolute Gasteiger partial charge is 0.292 e. The van der Waals surface area contributed by atoms with E-state index < -0.39 is 0 Å². The molecule has 2 N–H and O–H groups in total. The Morgan fingerprint density at radius 1 is 1.21 bits per heavy atom. The number of hydrogen-bond acceptors (Lipinski definition) is 5. The third-order valence-corrected chi connectivity index (χ3v) is 3.02. The van der Waals surface area contributed by atoms with E-state index in [0.717, 1.165) is 29.0 Å². The van der Waals surface area contributed by atoms with Crippen LogP contribution in [-0.4, -0.2) is 19.2 Å². The molecule has 0 amide bonds. The zero-order chi connectivity index (χ0) is 14.0. The van der Waals surface area contributed by atoms with E-state index in [2.05, 4.69) is 4.98 Å². The maximum absolute atomic E-state index is 5.64. The number of nitrogens with two attached hydrogens (primary N) is 1. The molecule has 102 valence electrons. The summed E-state index contributed by atoms with van der Waals surface area (Å²) in [5.41, 5.74) is 8.37. The van der Waals surface area contributed by atoms with Gasteiger partial charge in [-0.15, -0.1) is 0 Å². The number of aromatic nitrogens is 1. The van der Waals surface area contributed by atoms with Crippen LogP contribution in [0.4, 0.5) is 6.01 Å². The number of ether oxygens (including phenoxy) is 2. The quantitative estimate of drug-likeness (QED) is 0.917. The van der Waals surface area contributed by atoms with Gasteiger partial charge in [-0.25, -0.2) is 0 Å². The molecule has 19 heavy (non-hydrogen) atoms. The van der Waals surface area contributed by atoms with E-state index >= 15 is 0 Å². The molecule has 0 spiro atoms. The minimum atomic E-state index is 0.182. The second-order valence-corrected chi connectivity index (χ2v) is 4.20. The van der Waals surface area contributed by atoms with Gasteiger partial charge in [0.25, 0.3) is 6.01 Å². The second-order valence-electron chi connectivity index (χ2n) is 4.20. The summed E-state index contributed by atoms with van der Waals surface area (Å²) in [6, 6.07) is 3.99. The number of nitrogens with zero attached hydrogens (tertiary/aromatic N) is 1. The molecule has 0 atom stereocenters. The van der Waals surface area contributed by atoms with Gasteiger partial charge in [-0.2, -0.15) is 4.98 Å². The number of methoxy groups -OCH3 is 2. The summed E-state index contributed by atoms with van der Waals surface area (Å²) in [5.74, 6) is 2.12. The van der Waals surface area contributed by atoms with Crippen LogP contribution in [0.25, 0.3) is 11.3 Å². The summed E-state index contributed by atoms with van der Waals surface area (Å²) < 4.78 is 16.0. The van der Waals surface area contributed by atoms with Crippen molar-refractivity contribution < 1.29 is 13.9 Å². The van der Waals surface area contributed by atoms with Crippen molar-refractivity contribution in [1.82, 2.24) is 4.98 Å². The van der Waals surface area contributed by atoms with Gasteiger partial charge < -0.3 is 19.6 Å². The third-order valence-electron chi connectivity index (χ3n) is 3.02. The van der Waals surface area contributed by atoms with Crippen molar-refractivity contribution in [1.29, 1.82) is 0 Å². The fourth-order valence-corrected chi connectivity index (χ4v) is 2.06. The first-order chi connectivity index (χ1) is 9.10. The van der Waals surface area contributed by atoms with Crippen LogP contribution in [-0.2, 0) is 6.42 Å². The fraction of sp³-hybridized carbons (Fsp3) is 0.357. The maximum atomic E-state index is 5.64. The molecule has 0 aliphatic heterocycles. The van der Waals surface area contributed by atoms with Crippen molar-refractivity contribution in [3.63, 3.8) is 0 Å². The fourth-order valence-electron chi connectivity index (χ4n) is 2.06. The minimum absolute atomic E-state index is 0.182. The number of hydrogen-bond donors (Lipinski definition) is 1. The lowest BCUT2D eigenvalue weighted by Gasteiger charge is -2.11. The molecule has 2 rings (SSSR count). The van der Waals surface area contributed by atoms with E-state index in [1.165, 1.54) is 0 Å². The molecule has 0 unspecified atom stereocenters. The molecule has 0 saturated heterocycles. The molecule has 0 radical (unpaired) electrons. The number of nitrogen functional groups attached to an aromatic ring is 1. The van der Waals surface area contributed by atoms with Gasteiger partial charge in [0.1, 0.15) is 11.5 Å². The Balaban J connectivity index is 2.61. The van der Waals surface area contributed by atoms with Crippen molar-refractivity contribution in [2.45, 2.75) is 20.3 Å². The first kappa shape index (κ1) is 13.3. The zero-order valence-electron chi connectivity index (χ0n) is 11.6. The van der Waals surface area contributed by atoms with Crippen molar-refractivity contribution in [2.75, 3.05) is 20.0 Å². The number of anilines is 1. The van der Waals surface area contributed by atoms with Gasteiger partial charge in [-0.1, -0.05) is 6.92 Å². The summed E-state index contributed by atoms with van der Waals surface area (Å²) >= 11 is 0. The molecule has 1 aromatic heterocycles. The lowest BCUT2D eigenvalue weighted by atomic mass is 10.0. The summed E-state index contributed by atoms with van der Waals surface area (Å²) in [4.78, 5) is 4.26. The number of rotatable bonds is 4. The van der Waals surface area contributed by atoms with Crippen molar-refractivity contribution in [3.8, 4) is 22.8 Å². The lowest BCUT2D eigenvalue weighted by molar-refractivity contribution is 0.355. The molecule has 0 fully saturated rings. The van der Waals surface area contributed by atoms with E-state index in [-0.39, 0.29) is 6.01 Å². The standard InChI is InChI=1S/C14H18N2O3/c1-5-10-13(16-14(15)19-10)9-7-12(18-4)11(17-3)6-8(9)2/h6-7H,5H2,1-4H3,(H2,15,16). The summed E-state index contributed by atoms with van der Waals surface area (Å²) in [5, 5.41) is 0. The van der Waals surface area contributed by atoms with Crippen LogP contribution in [0, 0.1) is 6.92 Å². The monoisotopic (exact) mass is 262 g/mol. The van der Waals surface area contributed by atoms with E-state index in [1.807, 2.05) is 26.0 Å². The van der Waals surface area contributed by atoms with Crippen molar-refractivity contribution >= 4 is 6.01 Å². The molecule has 5 nitrogen and oxygen atoms in total. The average molecular weight is 262 g/mol. The van der Waals surface area contributed by atoms with E-state index in [4.69, 9.17) is 19.6 Å². The van der Waals surface area contributed by atoms with Crippen LogP contribution in [0.3, 0.4) is 0 Å². The highest BCUT2D eigenvalue weighted by molar-refractivity contribution is 5.70. The van der Waals surface area contributed by atoms with Crippen molar-refractivity contribution in [2.24, 2.45) is 0 Å². The number of benzene rings is 1. The number of oxazole rings is 1. The predicted octanol–water partition coefficient (Wildman–Crippen LogP) is 2.81. The summed E-state index contributed by atoms with van der Waals surface area (Å²) in [6.45, 7) is 3.99. The highest BCUT2D eigenvalue weighted by Gasteiger charge is 2.17. The van der Waals surface area contributed by atoms with E-state index in [1.54, 1.807) is 14.2 Å². The van der Waals surface area contributed by atoms with Crippen LogP contribution >= 0.6 is 0 Å². The van der Waals surface area contributed by atoms with Crippen LogP contribution in [0.15, 0.2) is 16.5 Å². The highest BCUT2D eigenvalue weighted by atomic mass is 16.5. The summed E-state index contributed by atoms with van der Waals surface area (Å²) in [6.07, 6.45) is 0.729. The first-order valence-electron chi connectivity index (χ1n) is 6.08. The molecule has 2 aromatic rings. The van der Waals surface area contributed by atoms with Gasteiger partial charge in [-0.3, -0.25) is 0 Å². The Labute approximate surface area is 112 Å². The average Bonchev–Trinajstić information content (AvgIpc) is 2.79. The Morgan fingerprint density at radius 2 is 1.84 bits per heavy atom. The van der Waals surface area contributed by atoms with Gasteiger partial charge in [0, 0.05) is 12.0 Å². The van der Waals surface area contributed by atoms with E-state index in [0.29, 0.717) is 11.5 Å². The molecule has 0 bridgehead atoms. The number of aryl methyl sites for hydroxylation is 2. The minimum Gasteiger partial charge on any atom is -0.493 e. The van der Waals surface area contributed by atoms with Crippen LogP contribution in [0.5, 0.6) is 11.5 Å². The zero-order valence-corrected chi connectivity index (χ0v) is 11.6. The maximum Gasteiger partial charge on any atom is 0.292 e. The topological polar surface area (TPSA) is 70.5 Å². The lowest BCUT2D eigenvalue weighted by Crippen LogP contribution is -1.95.